The van der Waals surface area contributed by atoms with Crippen LogP contribution in [0.5, 0.6) is 0 Å². The first-order valence-corrected chi connectivity index (χ1v) is 6.50. The van der Waals surface area contributed by atoms with Crippen molar-refractivity contribution < 1.29 is 0 Å². The van der Waals surface area contributed by atoms with Crippen molar-refractivity contribution in [2.75, 3.05) is 13.1 Å². The molecule has 2 rings (SSSR count). The van der Waals surface area contributed by atoms with Crippen LogP contribution in [0.2, 0.25) is 0 Å². The molecule has 0 saturated carbocycles. The zero-order valence-corrected chi connectivity index (χ0v) is 10.4. The fourth-order valence-electron chi connectivity index (χ4n) is 3.32. The predicted octanol–water partition coefficient (Wildman–Crippen LogP) is 3.22. The molecule has 0 aromatic heterocycles. The van der Waals surface area contributed by atoms with E-state index in [9.17, 15) is 0 Å². The third-order valence-corrected chi connectivity index (χ3v) is 4.80. The standard InChI is InChI=1S/C14H25N/c1-11(2)14(3)9-12-5-4-6-13(14)7-8-15-10-12/h4,6,11-13,15H,5,7-10H2,1-3H3. The fraction of sp³-hybridized carbons (Fsp3) is 0.857. The summed E-state index contributed by atoms with van der Waals surface area (Å²) < 4.78 is 0. The normalized spacial score (nSPS) is 41.3. The molecule has 0 amide bonds. The molecule has 3 atom stereocenters. The van der Waals surface area contributed by atoms with E-state index in [-0.39, 0.29) is 0 Å². The summed E-state index contributed by atoms with van der Waals surface area (Å²) in [6.45, 7) is 9.74. The molecule has 2 aliphatic rings. The topological polar surface area (TPSA) is 12.0 Å². The lowest BCUT2D eigenvalue weighted by Gasteiger charge is -2.43. The number of hydrogen-bond donors (Lipinski definition) is 1. The molecule has 0 spiro atoms. The van der Waals surface area contributed by atoms with Gasteiger partial charge in [-0.1, -0.05) is 32.9 Å². The summed E-state index contributed by atoms with van der Waals surface area (Å²) >= 11 is 0. The number of hydrogen-bond acceptors (Lipinski definition) is 1. The Morgan fingerprint density at radius 3 is 2.93 bits per heavy atom. The molecule has 1 aliphatic heterocycles. The highest BCUT2D eigenvalue weighted by Gasteiger charge is 2.39. The van der Waals surface area contributed by atoms with Gasteiger partial charge >= 0.3 is 0 Å². The second-order valence-electron chi connectivity index (χ2n) is 5.99. The highest BCUT2D eigenvalue weighted by Crippen LogP contribution is 2.46. The number of nitrogens with one attached hydrogen (secondary N) is 1. The Kier molecular flexibility index (Phi) is 3.20. The lowest BCUT2D eigenvalue weighted by Crippen LogP contribution is -2.39. The van der Waals surface area contributed by atoms with E-state index in [0.29, 0.717) is 5.41 Å². The third-order valence-electron chi connectivity index (χ3n) is 4.80. The van der Waals surface area contributed by atoms with Crippen molar-refractivity contribution in [3.63, 3.8) is 0 Å². The van der Waals surface area contributed by atoms with Crippen molar-refractivity contribution in [1.29, 1.82) is 0 Å². The molecular weight excluding hydrogens is 182 g/mol. The van der Waals surface area contributed by atoms with Crippen LogP contribution >= 0.6 is 0 Å². The summed E-state index contributed by atoms with van der Waals surface area (Å²) in [5, 5.41) is 3.60. The Morgan fingerprint density at radius 1 is 1.40 bits per heavy atom. The first kappa shape index (κ1) is 11.2. The van der Waals surface area contributed by atoms with E-state index in [1.54, 1.807) is 0 Å². The molecule has 86 valence electrons. The average Bonchev–Trinajstić information content (AvgIpc) is 2.27. The maximum atomic E-state index is 3.60. The molecule has 1 N–H and O–H groups in total. The maximum absolute atomic E-state index is 3.60. The zero-order valence-electron chi connectivity index (χ0n) is 10.4. The zero-order chi connectivity index (χ0) is 10.9. The quantitative estimate of drug-likeness (QED) is 0.651. The largest absolute Gasteiger partial charge is 0.316 e. The monoisotopic (exact) mass is 207 g/mol. The maximum Gasteiger partial charge on any atom is -0.00173 e. The Labute approximate surface area is 94.3 Å². The highest BCUT2D eigenvalue weighted by molar-refractivity contribution is 5.04. The minimum atomic E-state index is 0.528. The van der Waals surface area contributed by atoms with Crippen molar-refractivity contribution >= 4 is 0 Å². The van der Waals surface area contributed by atoms with E-state index in [1.165, 1.54) is 32.4 Å². The van der Waals surface area contributed by atoms with Crippen molar-refractivity contribution in [3.8, 4) is 0 Å². The molecule has 1 fully saturated rings. The molecule has 1 nitrogen and oxygen atoms in total. The predicted molar refractivity (Wildman–Crippen MR) is 65.8 cm³/mol. The van der Waals surface area contributed by atoms with E-state index < -0.39 is 0 Å². The van der Waals surface area contributed by atoms with E-state index in [2.05, 4.69) is 38.2 Å². The van der Waals surface area contributed by atoms with Crippen LogP contribution in [0, 0.1) is 23.2 Å². The summed E-state index contributed by atoms with van der Waals surface area (Å²) in [5.41, 5.74) is 0.528. The van der Waals surface area contributed by atoms with Crippen LogP contribution in [0.1, 0.15) is 40.0 Å². The fourth-order valence-corrected chi connectivity index (χ4v) is 3.32. The van der Waals surface area contributed by atoms with Crippen molar-refractivity contribution in [2.45, 2.75) is 40.0 Å². The molecule has 1 aliphatic carbocycles. The van der Waals surface area contributed by atoms with Gasteiger partial charge in [0.1, 0.15) is 0 Å². The van der Waals surface area contributed by atoms with E-state index >= 15 is 0 Å². The van der Waals surface area contributed by atoms with Crippen LogP contribution in [0.15, 0.2) is 12.2 Å². The molecule has 1 heterocycles. The summed E-state index contributed by atoms with van der Waals surface area (Å²) in [6.07, 6.45) is 8.95. The van der Waals surface area contributed by atoms with Gasteiger partial charge in [0.05, 0.1) is 0 Å². The Morgan fingerprint density at radius 2 is 2.20 bits per heavy atom. The van der Waals surface area contributed by atoms with Gasteiger partial charge in [-0.05, 0) is 55.5 Å². The lowest BCUT2D eigenvalue weighted by molar-refractivity contribution is 0.0924. The van der Waals surface area contributed by atoms with E-state index in [1.807, 2.05) is 0 Å². The second-order valence-corrected chi connectivity index (χ2v) is 5.99. The molecule has 0 radical (unpaired) electrons. The minimum absolute atomic E-state index is 0.528. The van der Waals surface area contributed by atoms with Crippen LogP contribution in [-0.2, 0) is 0 Å². The van der Waals surface area contributed by atoms with Crippen molar-refractivity contribution in [2.24, 2.45) is 23.2 Å². The lowest BCUT2D eigenvalue weighted by atomic mass is 9.64. The van der Waals surface area contributed by atoms with Crippen LogP contribution in [0.25, 0.3) is 0 Å². The van der Waals surface area contributed by atoms with Gasteiger partial charge in [-0.2, -0.15) is 0 Å². The first-order valence-electron chi connectivity index (χ1n) is 6.50. The summed E-state index contributed by atoms with van der Waals surface area (Å²) in [5.74, 6) is 2.44. The molecule has 0 aromatic carbocycles. The summed E-state index contributed by atoms with van der Waals surface area (Å²) in [7, 11) is 0. The van der Waals surface area contributed by atoms with Gasteiger partial charge in [0.15, 0.2) is 0 Å². The van der Waals surface area contributed by atoms with Gasteiger partial charge in [0.25, 0.3) is 0 Å². The number of fused-ring (bicyclic) bond motifs is 3. The second kappa shape index (κ2) is 4.29. The first-order chi connectivity index (χ1) is 7.13. The van der Waals surface area contributed by atoms with Crippen LogP contribution in [0.4, 0.5) is 0 Å². The molecule has 15 heavy (non-hydrogen) atoms. The SMILES string of the molecule is CC(C)C1(C)CC2CC=CC1CCNC2. The van der Waals surface area contributed by atoms with Gasteiger partial charge in [-0.15, -0.1) is 0 Å². The van der Waals surface area contributed by atoms with Gasteiger partial charge in [-0.3, -0.25) is 0 Å². The van der Waals surface area contributed by atoms with E-state index in [0.717, 1.165) is 17.8 Å². The third kappa shape index (κ3) is 2.13. The van der Waals surface area contributed by atoms with Crippen LogP contribution in [-0.4, -0.2) is 13.1 Å². The van der Waals surface area contributed by atoms with E-state index in [4.69, 9.17) is 0 Å². The van der Waals surface area contributed by atoms with Gasteiger partial charge in [0.2, 0.25) is 0 Å². The minimum Gasteiger partial charge on any atom is -0.316 e. The molecule has 1 heteroatoms. The molecule has 3 unspecified atom stereocenters. The van der Waals surface area contributed by atoms with Crippen molar-refractivity contribution in [3.05, 3.63) is 12.2 Å². The van der Waals surface area contributed by atoms with Gasteiger partial charge < -0.3 is 5.32 Å². The Bertz CT molecular complexity index is 244. The van der Waals surface area contributed by atoms with Gasteiger partial charge in [-0.25, -0.2) is 0 Å². The Balaban J connectivity index is 2.27. The van der Waals surface area contributed by atoms with Crippen LogP contribution in [0.3, 0.4) is 0 Å². The highest BCUT2D eigenvalue weighted by atomic mass is 14.9. The average molecular weight is 207 g/mol. The Hall–Kier alpha value is -0.300. The molecule has 0 aromatic rings. The van der Waals surface area contributed by atoms with Crippen molar-refractivity contribution in [1.82, 2.24) is 5.32 Å². The summed E-state index contributed by atoms with van der Waals surface area (Å²) in [4.78, 5) is 0. The summed E-state index contributed by atoms with van der Waals surface area (Å²) in [6, 6.07) is 0. The van der Waals surface area contributed by atoms with Gasteiger partial charge in [0, 0.05) is 0 Å². The molecule has 2 bridgehead atoms. The smallest absolute Gasteiger partial charge is 0.00173 e. The van der Waals surface area contributed by atoms with Crippen LogP contribution < -0.4 is 5.32 Å². The number of allylic oxidation sites excluding steroid dienone is 2. The molecular formula is C14H25N. The number of rotatable bonds is 1. The molecule has 1 saturated heterocycles.